The molecule has 38 heavy (non-hydrogen) atoms. The number of hydrogen-bond donors (Lipinski definition) is 0. The van der Waals surface area contributed by atoms with Gasteiger partial charge in [-0.15, -0.1) is 0 Å². The summed E-state index contributed by atoms with van der Waals surface area (Å²) in [5, 5.41) is 2.01. The maximum absolute atomic E-state index is 14.0. The molecular weight excluding hydrogens is 568 g/mol. The Labute approximate surface area is 231 Å². The number of thiazole rings is 1. The zero-order valence-electron chi connectivity index (χ0n) is 21.3. The fourth-order valence-corrected chi connectivity index (χ4v) is 6.28. The number of carbonyl (C=O) groups excluding carboxylic acids is 1. The van der Waals surface area contributed by atoms with Crippen molar-refractivity contribution in [3.05, 3.63) is 101 Å². The third kappa shape index (κ3) is 4.46. The van der Waals surface area contributed by atoms with Gasteiger partial charge in [0.1, 0.15) is 11.5 Å². The van der Waals surface area contributed by atoms with Gasteiger partial charge >= 0.3 is 5.97 Å². The molecule has 4 aromatic rings. The number of fused-ring (bicyclic) bond motifs is 2. The Hall–Kier alpha value is -3.69. The Balaban J connectivity index is 1.78. The van der Waals surface area contributed by atoms with E-state index in [1.165, 1.54) is 11.3 Å². The Bertz CT molecular complexity index is 1790. The summed E-state index contributed by atoms with van der Waals surface area (Å²) in [6.45, 7) is 3.72. The first-order valence-electron chi connectivity index (χ1n) is 12.0. The smallest absolute Gasteiger partial charge is 0.338 e. The van der Waals surface area contributed by atoms with Crippen molar-refractivity contribution in [2.24, 2.45) is 4.99 Å². The van der Waals surface area contributed by atoms with E-state index in [1.807, 2.05) is 54.6 Å². The summed E-state index contributed by atoms with van der Waals surface area (Å²) in [6.07, 6.45) is 1.84. The van der Waals surface area contributed by atoms with E-state index in [1.54, 1.807) is 38.7 Å². The minimum absolute atomic E-state index is 0.208. The van der Waals surface area contributed by atoms with E-state index in [-0.39, 0.29) is 12.2 Å². The van der Waals surface area contributed by atoms with Crippen molar-refractivity contribution in [2.45, 2.75) is 19.9 Å². The highest BCUT2D eigenvalue weighted by Crippen LogP contribution is 2.35. The molecule has 194 valence electrons. The molecule has 3 aromatic carbocycles. The van der Waals surface area contributed by atoms with E-state index in [9.17, 15) is 9.59 Å². The molecule has 0 fully saturated rings. The summed E-state index contributed by atoms with van der Waals surface area (Å²) in [5.41, 5.74) is 2.11. The first-order valence-corrected chi connectivity index (χ1v) is 13.6. The topological polar surface area (TPSA) is 79.1 Å². The first kappa shape index (κ1) is 25.9. The maximum atomic E-state index is 14.0. The van der Waals surface area contributed by atoms with Crippen LogP contribution in [0.25, 0.3) is 16.8 Å². The van der Waals surface area contributed by atoms with Crippen molar-refractivity contribution in [2.75, 3.05) is 20.8 Å². The number of rotatable bonds is 6. The van der Waals surface area contributed by atoms with Gasteiger partial charge in [0.15, 0.2) is 4.80 Å². The van der Waals surface area contributed by atoms with Crippen LogP contribution in [-0.4, -0.2) is 31.4 Å². The lowest BCUT2D eigenvalue weighted by molar-refractivity contribution is -0.139. The summed E-state index contributed by atoms with van der Waals surface area (Å²) in [7, 11) is 3.19. The molecule has 0 aliphatic carbocycles. The zero-order valence-corrected chi connectivity index (χ0v) is 23.7. The number of esters is 1. The molecule has 5 rings (SSSR count). The average Bonchev–Trinajstić information content (AvgIpc) is 3.22. The van der Waals surface area contributed by atoms with Crippen molar-refractivity contribution >= 4 is 50.1 Å². The van der Waals surface area contributed by atoms with Gasteiger partial charge < -0.3 is 14.2 Å². The van der Waals surface area contributed by atoms with Gasteiger partial charge in [0.05, 0.1) is 47.1 Å². The second kappa shape index (κ2) is 10.6. The molecule has 0 N–H and O–H groups in total. The SMILES string of the molecule is CCOC(=O)C1=C(C)N=c2s/c(=C/c3c(OC)ccc4ccccc34)c(=O)n2[C@H]1c1ccc(OC)c(Br)c1. The van der Waals surface area contributed by atoms with E-state index in [4.69, 9.17) is 14.2 Å². The second-order valence-electron chi connectivity index (χ2n) is 8.60. The number of benzene rings is 3. The van der Waals surface area contributed by atoms with Gasteiger partial charge in [-0.1, -0.05) is 47.7 Å². The monoisotopic (exact) mass is 592 g/mol. The lowest BCUT2D eigenvalue weighted by atomic mass is 9.96. The predicted molar refractivity (Wildman–Crippen MR) is 152 cm³/mol. The van der Waals surface area contributed by atoms with Crippen molar-refractivity contribution < 1.29 is 19.0 Å². The van der Waals surface area contributed by atoms with Crippen LogP contribution in [0.2, 0.25) is 0 Å². The summed E-state index contributed by atoms with van der Waals surface area (Å²) < 4.78 is 19.2. The third-order valence-electron chi connectivity index (χ3n) is 6.43. The number of halogens is 1. The molecular formula is C29H25BrN2O5S. The highest BCUT2D eigenvalue weighted by Gasteiger charge is 2.33. The second-order valence-corrected chi connectivity index (χ2v) is 10.5. The van der Waals surface area contributed by atoms with Crippen LogP contribution in [0.5, 0.6) is 11.5 Å². The standard InChI is InChI=1S/C29H25BrN2O5S/c1-5-37-28(34)25-16(2)31-29-32(26(25)18-11-13-23(36-4)21(30)14-18)27(33)24(38-29)15-20-19-9-7-6-8-17(19)10-12-22(20)35-3/h6-15,26H,5H2,1-4H3/b24-15+/t26-/m0/s1. The molecule has 2 heterocycles. The number of methoxy groups -OCH3 is 2. The average molecular weight is 593 g/mol. The Morgan fingerprint density at radius 3 is 2.55 bits per heavy atom. The Morgan fingerprint density at radius 2 is 1.84 bits per heavy atom. The van der Waals surface area contributed by atoms with Gasteiger partial charge in [-0.25, -0.2) is 9.79 Å². The summed E-state index contributed by atoms with van der Waals surface area (Å²) >= 11 is 4.81. The fourth-order valence-electron chi connectivity index (χ4n) is 4.69. The van der Waals surface area contributed by atoms with E-state index < -0.39 is 12.0 Å². The molecule has 0 saturated carbocycles. The van der Waals surface area contributed by atoms with Crippen LogP contribution < -0.4 is 24.4 Å². The van der Waals surface area contributed by atoms with Crippen LogP contribution in [0.3, 0.4) is 0 Å². The number of aromatic nitrogens is 1. The molecule has 1 aliphatic heterocycles. The number of ether oxygens (including phenoxy) is 3. The molecule has 0 spiro atoms. The fraction of sp³-hybridized carbons (Fsp3) is 0.207. The zero-order chi connectivity index (χ0) is 27.0. The molecule has 1 aliphatic rings. The first-order chi connectivity index (χ1) is 18.4. The summed E-state index contributed by atoms with van der Waals surface area (Å²) in [4.78, 5) is 32.3. The maximum Gasteiger partial charge on any atom is 0.338 e. The normalized spacial score (nSPS) is 15.3. The van der Waals surface area contributed by atoms with Gasteiger partial charge in [0.2, 0.25) is 0 Å². The molecule has 9 heteroatoms. The van der Waals surface area contributed by atoms with E-state index in [0.717, 1.165) is 21.9 Å². The van der Waals surface area contributed by atoms with E-state index in [2.05, 4.69) is 20.9 Å². The predicted octanol–water partition coefficient (Wildman–Crippen LogP) is 4.73. The van der Waals surface area contributed by atoms with Crippen molar-refractivity contribution in [3.63, 3.8) is 0 Å². The van der Waals surface area contributed by atoms with Crippen LogP contribution in [0.15, 0.2) is 80.1 Å². The molecule has 0 bridgehead atoms. The van der Waals surface area contributed by atoms with Gasteiger partial charge in [0.25, 0.3) is 5.56 Å². The van der Waals surface area contributed by atoms with Crippen LogP contribution in [-0.2, 0) is 9.53 Å². The number of allylic oxidation sites excluding steroid dienone is 1. The molecule has 1 atom stereocenters. The van der Waals surface area contributed by atoms with Gasteiger partial charge in [0, 0.05) is 5.56 Å². The molecule has 0 saturated heterocycles. The molecule has 0 amide bonds. The third-order valence-corrected chi connectivity index (χ3v) is 8.04. The van der Waals surface area contributed by atoms with Gasteiger partial charge in [-0.3, -0.25) is 9.36 Å². The van der Waals surface area contributed by atoms with E-state index in [0.29, 0.717) is 36.6 Å². The van der Waals surface area contributed by atoms with E-state index >= 15 is 0 Å². The number of carbonyl (C=O) groups is 1. The number of hydrogen-bond acceptors (Lipinski definition) is 7. The Morgan fingerprint density at radius 1 is 1.11 bits per heavy atom. The highest BCUT2D eigenvalue weighted by atomic mass is 79.9. The van der Waals surface area contributed by atoms with Gasteiger partial charge in [-0.05, 0) is 70.4 Å². The van der Waals surface area contributed by atoms with Crippen LogP contribution in [0, 0.1) is 0 Å². The van der Waals surface area contributed by atoms with Crippen molar-refractivity contribution in [3.8, 4) is 11.5 Å². The molecule has 0 radical (unpaired) electrons. The molecule has 1 aromatic heterocycles. The largest absolute Gasteiger partial charge is 0.496 e. The summed E-state index contributed by atoms with van der Waals surface area (Å²) in [6, 6.07) is 16.6. The van der Waals surface area contributed by atoms with Crippen LogP contribution in [0.1, 0.15) is 31.0 Å². The lowest BCUT2D eigenvalue weighted by Gasteiger charge is -2.25. The lowest BCUT2D eigenvalue weighted by Crippen LogP contribution is -2.40. The van der Waals surface area contributed by atoms with Crippen molar-refractivity contribution in [1.82, 2.24) is 4.57 Å². The van der Waals surface area contributed by atoms with Crippen molar-refractivity contribution in [1.29, 1.82) is 0 Å². The quantitative estimate of drug-likeness (QED) is 0.302. The number of nitrogens with zero attached hydrogens (tertiary/aromatic N) is 2. The van der Waals surface area contributed by atoms with Crippen LogP contribution in [0.4, 0.5) is 0 Å². The minimum Gasteiger partial charge on any atom is -0.496 e. The molecule has 7 nitrogen and oxygen atoms in total. The van der Waals surface area contributed by atoms with Crippen LogP contribution >= 0.6 is 27.3 Å². The highest BCUT2D eigenvalue weighted by molar-refractivity contribution is 9.10. The molecule has 0 unspecified atom stereocenters. The van der Waals surface area contributed by atoms with Gasteiger partial charge in [-0.2, -0.15) is 0 Å². The Kier molecular flexibility index (Phi) is 7.23. The minimum atomic E-state index is -0.718. The summed E-state index contributed by atoms with van der Waals surface area (Å²) in [5.74, 6) is 0.798.